The fraction of sp³-hybridized carbons (Fsp3) is 0.0769. The number of aromatic nitrogens is 1. The molecule has 1 heterocycles. The Hall–Kier alpha value is -2.54. The summed E-state index contributed by atoms with van der Waals surface area (Å²) in [5.74, 6) is 1.10. The Kier molecular flexibility index (Phi) is 2.93. The van der Waals surface area contributed by atoms with Crippen molar-refractivity contribution in [2.45, 2.75) is 6.92 Å². The monoisotopic (exact) mass is 226 g/mol. The van der Waals surface area contributed by atoms with Crippen molar-refractivity contribution in [2.24, 2.45) is 0 Å². The first-order chi connectivity index (χ1) is 8.17. The van der Waals surface area contributed by atoms with Gasteiger partial charge in [0.2, 0.25) is 5.88 Å². The van der Waals surface area contributed by atoms with E-state index in [2.05, 4.69) is 4.98 Å². The molecule has 4 heteroatoms. The largest absolute Gasteiger partial charge is 0.508 e. The van der Waals surface area contributed by atoms with Gasteiger partial charge in [-0.25, -0.2) is 4.98 Å². The number of nitrogens with zero attached hydrogens (tertiary/aromatic N) is 2. The van der Waals surface area contributed by atoms with E-state index in [1.807, 2.05) is 6.07 Å². The second kappa shape index (κ2) is 4.54. The van der Waals surface area contributed by atoms with E-state index in [4.69, 9.17) is 15.1 Å². The van der Waals surface area contributed by atoms with Crippen LogP contribution in [0.4, 0.5) is 0 Å². The molecule has 0 unspecified atom stereocenters. The SMILES string of the molecule is Cc1cc(C#N)cc(Oc2ccc(O)cc2)n1. The van der Waals surface area contributed by atoms with Crippen LogP contribution in [0.3, 0.4) is 0 Å². The van der Waals surface area contributed by atoms with Gasteiger partial charge in [-0.1, -0.05) is 0 Å². The van der Waals surface area contributed by atoms with E-state index in [1.165, 1.54) is 12.1 Å². The van der Waals surface area contributed by atoms with E-state index >= 15 is 0 Å². The van der Waals surface area contributed by atoms with Gasteiger partial charge in [0, 0.05) is 11.8 Å². The van der Waals surface area contributed by atoms with Crippen LogP contribution in [-0.4, -0.2) is 10.1 Å². The lowest BCUT2D eigenvalue weighted by atomic mass is 10.2. The molecular weight excluding hydrogens is 216 g/mol. The molecule has 0 radical (unpaired) electrons. The van der Waals surface area contributed by atoms with Gasteiger partial charge in [-0.2, -0.15) is 5.26 Å². The molecule has 17 heavy (non-hydrogen) atoms. The molecule has 0 saturated heterocycles. The van der Waals surface area contributed by atoms with Gasteiger partial charge in [-0.15, -0.1) is 0 Å². The van der Waals surface area contributed by atoms with E-state index in [9.17, 15) is 0 Å². The smallest absolute Gasteiger partial charge is 0.220 e. The highest BCUT2D eigenvalue weighted by Crippen LogP contribution is 2.22. The van der Waals surface area contributed by atoms with Crippen molar-refractivity contribution in [3.8, 4) is 23.4 Å². The molecule has 4 nitrogen and oxygen atoms in total. The minimum Gasteiger partial charge on any atom is -0.508 e. The number of phenols is 1. The number of hydrogen-bond acceptors (Lipinski definition) is 4. The summed E-state index contributed by atoms with van der Waals surface area (Å²) in [4.78, 5) is 4.16. The molecule has 0 aliphatic carbocycles. The third-order valence-electron chi connectivity index (χ3n) is 2.12. The molecule has 0 spiro atoms. The molecule has 0 aliphatic rings. The van der Waals surface area contributed by atoms with E-state index < -0.39 is 0 Å². The third-order valence-corrected chi connectivity index (χ3v) is 2.12. The molecule has 0 atom stereocenters. The number of phenolic OH excluding ortho intramolecular Hbond substituents is 1. The number of nitriles is 1. The summed E-state index contributed by atoms with van der Waals surface area (Å²) in [6, 6.07) is 11.6. The number of aromatic hydroxyl groups is 1. The summed E-state index contributed by atoms with van der Waals surface area (Å²) < 4.78 is 5.48. The lowest BCUT2D eigenvalue weighted by Crippen LogP contribution is -1.91. The van der Waals surface area contributed by atoms with Crippen LogP contribution in [-0.2, 0) is 0 Å². The average molecular weight is 226 g/mol. The zero-order chi connectivity index (χ0) is 12.3. The van der Waals surface area contributed by atoms with Crippen LogP contribution in [0.15, 0.2) is 36.4 Å². The average Bonchev–Trinajstić information content (AvgIpc) is 2.31. The van der Waals surface area contributed by atoms with Crippen molar-refractivity contribution in [3.05, 3.63) is 47.7 Å². The number of aryl methyl sites for hydroxylation is 1. The minimum absolute atomic E-state index is 0.173. The van der Waals surface area contributed by atoms with Gasteiger partial charge in [0.05, 0.1) is 11.6 Å². The summed E-state index contributed by atoms with van der Waals surface area (Å²) in [6.45, 7) is 1.80. The predicted octanol–water partition coefficient (Wildman–Crippen LogP) is 2.76. The molecule has 0 saturated carbocycles. The summed E-state index contributed by atoms with van der Waals surface area (Å²) >= 11 is 0. The van der Waals surface area contributed by atoms with E-state index in [1.54, 1.807) is 31.2 Å². The highest BCUT2D eigenvalue weighted by atomic mass is 16.5. The Labute approximate surface area is 98.7 Å². The Bertz CT molecular complexity index is 571. The van der Waals surface area contributed by atoms with Gasteiger partial charge < -0.3 is 9.84 Å². The molecule has 1 aromatic carbocycles. The first-order valence-electron chi connectivity index (χ1n) is 5.03. The third kappa shape index (κ3) is 2.73. The van der Waals surface area contributed by atoms with Crippen LogP contribution in [0.5, 0.6) is 17.4 Å². The normalized spacial score (nSPS) is 9.65. The van der Waals surface area contributed by atoms with Gasteiger partial charge in [0.15, 0.2) is 0 Å². The molecule has 2 aromatic rings. The fourth-order valence-electron chi connectivity index (χ4n) is 1.39. The highest BCUT2D eigenvalue weighted by molar-refractivity contribution is 5.37. The molecule has 0 fully saturated rings. The maximum absolute atomic E-state index is 9.13. The zero-order valence-electron chi connectivity index (χ0n) is 9.21. The van der Waals surface area contributed by atoms with Gasteiger partial charge in [0.25, 0.3) is 0 Å². The van der Waals surface area contributed by atoms with Crippen LogP contribution in [0.25, 0.3) is 0 Å². The molecule has 84 valence electrons. The number of hydrogen-bond donors (Lipinski definition) is 1. The van der Waals surface area contributed by atoms with Gasteiger partial charge in [0.1, 0.15) is 11.5 Å². The molecule has 1 aromatic heterocycles. The topological polar surface area (TPSA) is 66.1 Å². The summed E-state index contributed by atoms with van der Waals surface area (Å²) in [7, 11) is 0. The van der Waals surface area contributed by atoms with Gasteiger partial charge in [-0.3, -0.25) is 0 Å². The maximum atomic E-state index is 9.13. The van der Waals surface area contributed by atoms with Crippen molar-refractivity contribution in [1.29, 1.82) is 5.26 Å². The lowest BCUT2D eigenvalue weighted by Gasteiger charge is -2.05. The van der Waals surface area contributed by atoms with Crippen LogP contribution >= 0.6 is 0 Å². The van der Waals surface area contributed by atoms with E-state index in [-0.39, 0.29) is 5.75 Å². The van der Waals surface area contributed by atoms with Crippen molar-refractivity contribution in [1.82, 2.24) is 4.98 Å². The number of pyridine rings is 1. The number of benzene rings is 1. The van der Waals surface area contributed by atoms with Crippen molar-refractivity contribution in [3.63, 3.8) is 0 Å². The Balaban J connectivity index is 2.27. The van der Waals surface area contributed by atoms with Gasteiger partial charge >= 0.3 is 0 Å². The van der Waals surface area contributed by atoms with Crippen LogP contribution in [0.1, 0.15) is 11.3 Å². The van der Waals surface area contributed by atoms with Gasteiger partial charge in [-0.05, 0) is 37.3 Å². The fourth-order valence-corrected chi connectivity index (χ4v) is 1.39. The van der Waals surface area contributed by atoms with E-state index in [0.29, 0.717) is 17.2 Å². The zero-order valence-corrected chi connectivity index (χ0v) is 9.21. The first kappa shape index (κ1) is 11.0. The second-order valence-electron chi connectivity index (χ2n) is 3.54. The Morgan fingerprint density at radius 1 is 1.24 bits per heavy atom. The Morgan fingerprint density at radius 2 is 1.94 bits per heavy atom. The summed E-state index contributed by atoms with van der Waals surface area (Å²) in [6.07, 6.45) is 0. The Morgan fingerprint density at radius 3 is 2.59 bits per heavy atom. The summed E-state index contributed by atoms with van der Waals surface area (Å²) in [5.41, 5.74) is 1.23. The lowest BCUT2D eigenvalue weighted by molar-refractivity contribution is 0.453. The van der Waals surface area contributed by atoms with Crippen molar-refractivity contribution >= 4 is 0 Å². The predicted molar refractivity (Wildman–Crippen MR) is 61.9 cm³/mol. The molecule has 0 aliphatic heterocycles. The molecule has 0 bridgehead atoms. The van der Waals surface area contributed by atoms with Crippen LogP contribution in [0, 0.1) is 18.3 Å². The molecular formula is C13H10N2O2. The second-order valence-corrected chi connectivity index (χ2v) is 3.54. The quantitative estimate of drug-likeness (QED) is 0.855. The van der Waals surface area contributed by atoms with Crippen LogP contribution in [0.2, 0.25) is 0 Å². The minimum atomic E-state index is 0.173. The first-order valence-corrected chi connectivity index (χ1v) is 5.03. The highest BCUT2D eigenvalue weighted by Gasteiger charge is 2.02. The molecule has 0 amide bonds. The summed E-state index contributed by atoms with van der Waals surface area (Å²) in [5, 5.41) is 18.0. The maximum Gasteiger partial charge on any atom is 0.220 e. The molecule has 2 rings (SSSR count). The standard InChI is InChI=1S/C13H10N2O2/c1-9-6-10(8-14)7-13(15-9)17-12-4-2-11(16)3-5-12/h2-7,16H,1H3. The number of rotatable bonds is 2. The molecule has 1 N–H and O–H groups in total. The number of ether oxygens (including phenoxy) is 1. The van der Waals surface area contributed by atoms with Crippen LogP contribution < -0.4 is 4.74 Å². The van der Waals surface area contributed by atoms with Crippen molar-refractivity contribution < 1.29 is 9.84 Å². The van der Waals surface area contributed by atoms with Crippen molar-refractivity contribution in [2.75, 3.05) is 0 Å². The van der Waals surface area contributed by atoms with E-state index in [0.717, 1.165) is 5.69 Å².